The Morgan fingerprint density at radius 1 is 1.57 bits per heavy atom. The van der Waals surface area contributed by atoms with Gasteiger partial charge in [0.25, 0.3) is 0 Å². The summed E-state index contributed by atoms with van der Waals surface area (Å²) in [5, 5.41) is 9.67. The first-order chi connectivity index (χ1) is 6.72. The molecule has 2 aromatic heterocycles. The quantitative estimate of drug-likeness (QED) is 0.819. The van der Waals surface area contributed by atoms with E-state index in [1.165, 1.54) is 11.3 Å². The number of thiophene rings is 1. The van der Waals surface area contributed by atoms with Gasteiger partial charge in [-0.1, -0.05) is 12.7 Å². The molecule has 0 saturated carbocycles. The van der Waals surface area contributed by atoms with Crippen LogP contribution in [0.15, 0.2) is 25.0 Å². The zero-order valence-electron chi connectivity index (χ0n) is 7.23. The zero-order chi connectivity index (χ0) is 10.1. The van der Waals surface area contributed by atoms with Gasteiger partial charge in [-0.25, -0.2) is 4.79 Å². The first kappa shape index (κ1) is 8.90. The van der Waals surface area contributed by atoms with Crippen molar-refractivity contribution in [3.8, 4) is 0 Å². The predicted molar refractivity (Wildman–Crippen MR) is 56.7 cm³/mol. The van der Waals surface area contributed by atoms with Crippen LogP contribution in [0.3, 0.4) is 0 Å². The number of aromatic carboxylic acids is 1. The topological polar surface area (TPSA) is 50.2 Å². The van der Waals surface area contributed by atoms with E-state index in [0.29, 0.717) is 4.88 Å². The highest BCUT2D eigenvalue weighted by molar-refractivity contribution is 7.21. The lowest BCUT2D eigenvalue weighted by molar-refractivity contribution is 0.0702. The molecule has 0 bridgehead atoms. The van der Waals surface area contributed by atoms with Gasteiger partial charge in [0.2, 0.25) is 0 Å². The van der Waals surface area contributed by atoms with Crippen molar-refractivity contribution in [1.29, 1.82) is 0 Å². The van der Waals surface area contributed by atoms with Gasteiger partial charge in [-0.2, -0.15) is 0 Å². The summed E-state index contributed by atoms with van der Waals surface area (Å²) in [5.41, 5.74) is 0.875. The van der Waals surface area contributed by atoms with E-state index < -0.39 is 5.97 Å². The summed E-state index contributed by atoms with van der Waals surface area (Å²) >= 11 is 1.25. The highest BCUT2D eigenvalue weighted by atomic mass is 32.1. The minimum absolute atomic E-state index is 0.330. The number of carboxylic acid groups (broad SMARTS) is 1. The maximum atomic E-state index is 10.7. The molecule has 0 aliphatic heterocycles. The monoisotopic (exact) mass is 205 g/mol. The number of carbonyl (C=O) groups is 1. The SMILES string of the molecule is C=Cc1cncc2cc(C(=O)O)sc12. The summed E-state index contributed by atoms with van der Waals surface area (Å²) in [6.45, 7) is 3.65. The summed E-state index contributed by atoms with van der Waals surface area (Å²) < 4.78 is 0.924. The number of rotatable bonds is 2. The molecular weight excluding hydrogens is 198 g/mol. The van der Waals surface area contributed by atoms with Crippen LogP contribution in [0, 0.1) is 0 Å². The Bertz CT molecular complexity index is 516. The van der Waals surface area contributed by atoms with Crippen LogP contribution in [0.1, 0.15) is 15.2 Å². The number of fused-ring (bicyclic) bond motifs is 1. The third kappa shape index (κ3) is 1.29. The Morgan fingerprint density at radius 3 is 3.00 bits per heavy atom. The maximum absolute atomic E-state index is 10.7. The highest BCUT2D eigenvalue weighted by Crippen LogP contribution is 2.28. The van der Waals surface area contributed by atoms with Gasteiger partial charge in [0, 0.05) is 28.0 Å². The van der Waals surface area contributed by atoms with Crippen LogP contribution >= 0.6 is 11.3 Å². The van der Waals surface area contributed by atoms with Gasteiger partial charge >= 0.3 is 5.97 Å². The third-order valence-corrected chi connectivity index (χ3v) is 3.07. The highest BCUT2D eigenvalue weighted by Gasteiger charge is 2.09. The molecular formula is C10H7NO2S. The van der Waals surface area contributed by atoms with Crippen LogP contribution in [0.25, 0.3) is 16.2 Å². The molecule has 0 amide bonds. The number of nitrogens with zero attached hydrogens (tertiary/aromatic N) is 1. The number of hydrogen-bond donors (Lipinski definition) is 1. The molecule has 0 unspecified atom stereocenters. The van der Waals surface area contributed by atoms with Crippen molar-refractivity contribution >= 4 is 33.5 Å². The lowest BCUT2D eigenvalue weighted by atomic mass is 10.2. The van der Waals surface area contributed by atoms with Gasteiger partial charge < -0.3 is 5.11 Å². The van der Waals surface area contributed by atoms with E-state index in [1.807, 2.05) is 0 Å². The fourth-order valence-electron chi connectivity index (χ4n) is 1.23. The van der Waals surface area contributed by atoms with Gasteiger partial charge in [0.1, 0.15) is 4.88 Å². The van der Waals surface area contributed by atoms with E-state index in [0.717, 1.165) is 15.6 Å². The molecule has 0 aliphatic carbocycles. The molecule has 0 spiro atoms. The van der Waals surface area contributed by atoms with E-state index in [2.05, 4.69) is 11.6 Å². The summed E-state index contributed by atoms with van der Waals surface area (Å²) in [6, 6.07) is 1.63. The smallest absolute Gasteiger partial charge is 0.345 e. The molecule has 4 heteroatoms. The summed E-state index contributed by atoms with van der Waals surface area (Å²) in [6.07, 6.45) is 5.01. The Hall–Kier alpha value is -1.68. The molecule has 0 saturated heterocycles. The lowest BCUT2D eigenvalue weighted by Gasteiger charge is -1.92. The summed E-state index contributed by atoms with van der Waals surface area (Å²) in [7, 11) is 0. The molecule has 0 fully saturated rings. The van der Waals surface area contributed by atoms with E-state index in [-0.39, 0.29) is 0 Å². The Kier molecular flexibility index (Phi) is 2.05. The fraction of sp³-hybridized carbons (Fsp3) is 0. The third-order valence-electron chi connectivity index (χ3n) is 1.88. The largest absolute Gasteiger partial charge is 0.477 e. The molecule has 0 aliphatic rings. The van der Waals surface area contributed by atoms with Crippen LogP contribution in [-0.4, -0.2) is 16.1 Å². The van der Waals surface area contributed by atoms with Crippen molar-refractivity contribution in [2.75, 3.05) is 0 Å². The second kappa shape index (κ2) is 3.23. The lowest BCUT2D eigenvalue weighted by Crippen LogP contribution is -1.89. The minimum atomic E-state index is -0.902. The van der Waals surface area contributed by atoms with E-state index >= 15 is 0 Å². The van der Waals surface area contributed by atoms with Crippen molar-refractivity contribution in [1.82, 2.24) is 4.98 Å². The number of hydrogen-bond acceptors (Lipinski definition) is 3. The molecule has 0 atom stereocenters. The zero-order valence-corrected chi connectivity index (χ0v) is 8.04. The molecule has 0 aromatic carbocycles. The average Bonchev–Trinajstić information content (AvgIpc) is 2.60. The first-order valence-corrected chi connectivity index (χ1v) is 4.77. The standard InChI is InChI=1S/C10H7NO2S/c1-2-6-4-11-5-7-3-8(10(12)13)14-9(6)7/h2-5H,1H2,(H,12,13). The summed E-state index contributed by atoms with van der Waals surface area (Å²) in [5.74, 6) is -0.902. The van der Waals surface area contributed by atoms with Crippen LogP contribution in [0.5, 0.6) is 0 Å². The average molecular weight is 205 g/mol. The fourth-order valence-corrected chi connectivity index (χ4v) is 2.21. The van der Waals surface area contributed by atoms with Gasteiger partial charge in [0.15, 0.2) is 0 Å². The van der Waals surface area contributed by atoms with Crippen LogP contribution in [0.4, 0.5) is 0 Å². The number of pyridine rings is 1. The maximum Gasteiger partial charge on any atom is 0.345 e. The van der Waals surface area contributed by atoms with Crippen molar-refractivity contribution in [3.63, 3.8) is 0 Å². The van der Waals surface area contributed by atoms with Crippen molar-refractivity contribution in [2.45, 2.75) is 0 Å². The van der Waals surface area contributed by atoms with Crippen molar-refractivity contribution < 1.29 is 9.90 Å². The molecule has 2 aromatic rings. The normalized spacial score (nSPS) is 10.3. The summed E-state index contributed by atoms with van der Waals surface area (Å²) in [4.78, 5) is 15.1. The van der Waals surface area contributed by atoms with Crippen molar-refractivity contribution in [3.05, 3.63) is 35.5 Å². The first-order valence-electron chi connectivity index (χ1n) is 3.95. The second-order valence-corrected chi connectivity index (χ2v) is 3.82. The van der Waals surface area contributed by atoms with E-state index in [9.17, 15) is 4.79 Å². The van der Waals surface area contributed by atoms with Crippen LogP contribution in [-0.2, 0) is 0 Å². The minimum Gasteiger partial charge on any atom is -0.477 e. The molecule has 2 heterocycles. The van der Waals surface area contributed by atoms with Gasteiger partial charge in [-0.15, -0.1) is 11.3 Å². The number of carboxylic acids is 1. The molecule has 0 radical (unpaired) electrons. The molecule has 1 N–H and O–H groups in total. The Balaban J connectivity index is 2.76. The Morgan fingerprint density at radius 2 is 2.36 bits per heavy atom. The molecule has 14 heavy (non-hydrogen) atoms. The van der Waals surface area contributed by atoms with Crippen molar-refractivity contribution in [2.24, 2.45) is 0 Å². The van der Waals surface area contributed by atoms with Gasteiger partial charge in [-0.3, -0.25) is 4.98 Å². The number of aromatic nitrogens is 1. The second-order valence-electron chi connectivity index (χ2n) is 2.77. The molecule has 2 rings (SSSR count). The van der Waals surface area contributed by atoms with E-state index in [1.54, 1.807) is 24.5 Å². The van der Waals surface area contributed by atoms with Crippen LogP contribution in [0.2, 0.25) is 0 Å². The Labute approximate surface area is 84.3 Å². The molecule has 3 nitrogen and oxygen atoms in total. The van der Waals surface area contributed by atoms with Gasteiger partial charge in [0.05, 0.1) is 0 Å². The van der Waals surface area contributed by atoms with E-state index in [4.69, 9.17) is 5.11 Å². The van der Waals surface area contributed by atoms with Crippen LogP contribution < -0.4 is 0 Å². The van der Waals surface area contributed by atoms with Gasteiger partial charge in [-0.05, 0) is 6.07 Å². The predicted octanol–water partition coefficient (Wildman–Crippen LogP) is 2.64. The molecule has 70 valence electrons.